The van der Waals surface area contributed by atoms with E-state index in [-0.39, 0.29) is 11.4 Å². The largest absolute Gasteiger partial charge is 0.456 e. The van der Waals surface area contributed by atoms with E-state index in [1.54, 1.807) is 36.4 Å². The van der Waals surface area contributed by atoms with Crippen LogP contribution in [0.25, 0.3) is 10.8 Å². The molecule has 0 unspecified atom stereocenters. The van der Waals surface area contributed by atoms with Crippen LogP contribution in [0, 0.1) is 5.41 Å². The highest BCUT2D eigenvalue weighted by Crippen LogP contribution is 2.32. The Morgan fingerprint density at radius 2 is 1.82 bits per heavy atom. The van der Waals surface area contributed by atoms with Gasteiger partial charge in [0.05, 0.1) is 11.1 Å². The molecule has 0 aliphatic rings. The lowest BCUT2D eigenvalue weighted by molar-refractivity contribution is -0.137. The molecule has 3 aromatic carbocycles. The number of fused-ring (bicyclic) bond motifs is 1. The second-order valence-electron chi connectivity index (χ2n) is 7.07. The maximum atomic E-state index is 12.7. The summed E-state index contributed by atoms with van der Waals surface area (Å²) < 4.78 is 44.1. The SMILES string of the molecule is N=Cc1c(Oc2ccc3c(NC(=O)c4ccc(C(F)(F)F)cc4)cccc3c2)ccnc1N. The molecule has 0 aliphatic carbocycles. The lowest BCUT2D eigenvalue weighted by Gasteiger charge is -2.13. The number of anilines is 2. The minimum Gasteiger partial charge on any atom is -0.456 e. The number of carbonyl (C=O) groups is 1. The number of hydrogen-bond donors (Lipinski definition) is 3. The van der Waals surface area contributed by atoms with E-state index in [2.05, 4.69) is 10.3 Å². The quantitative estimate of drug-likeness (QED) is 0.331. The predicted octanol–water partition coefficient (Wildman–Crippen LogP) is 5.88. The topological polar surface area (TPSA) is 101 Å². The summed E-state index contributed by atoms with van der Waals surface area (Å²) in [7, 11) is 0. The van der Waals surface area contributed by atoms with Crippen LogP contribution in [-0.2, 0) is 6.18 Å². The van der Waals surface area contributed by atoms with Crippen LogP contribution in [-0.4, -0.2) is 17.1 Å². The van der Waals surface area contributed by atoms with Crippen molar-refractivity contribution in [1.82, 2.24) is 4.98 Å². The Morgan fingerprint density at radius 1 is 1.06 bits per heavy atom. The van der Waals surface area contributed by atoms with E-state index in [0.29, 0.717) is 28.1 Å². The molecule has 1 amide bonds. The van der Waals surface area contributed by atoms with Gasteiger partial charge in [-0.2, -0.15) is 13.2 Å². The summed E-state index contributed by atoms with van der Waals surface area (Å²) in [5, 5.41) is 11.7. The standard InChI is InChI=1S/C24H17F3N4O2/c25-24(26,27)16-6-4-14(5-7-16)23(32)31-20-3-1-2-15-12-17(8-9-18(15)20)33-21-10-11-30-22(29)19(21)13-28/h1-13,28H,(H2,29,30)(H,31,32). The fourth-order valence-electron chi connectivity index (χ4n) is 3.27. The molecular formula is C24H17F3N4O2. The van der Waals surface area contributed by atoms with Gasteiger partial charge in [-0.25, -0.2) is 4.98 Å². The van der Waals surface area contributed by atoms with Crippen LogP contribution in [0.1, 0.15) is 21.5 Å². The van der Waals surface area contributed by atoms with E-state index in [4.69, 9.17) is 15.9 Å². The zero-order valence-corrected chi connectivity index (χ0v) is 17.0. The number of carbonyl (C=O) groups excluding carboxylic acids is 1. The van der Waals surface area contributed by atoms with Crippen molar-refractivity contribution in [1.29, 1.82) is 5.41 Å². The average molecular weight is 450 g/mol. The summed E-state index contributed by atoms with van der Waals surface area (Å²) in [5.41, 5.74) is 5.92. The smallest absolute Gasteiger partial charge is 0.416 e. The third-order valence-corrected chi connectivity index (χ3v) is 4.93. The Kier molecular flexibility index (Phi) is 5.70. The number of rotatable bonds is 5. The van der Waals surface area contributed by atoms with Gasteiger partial charge < -0.3 is 21.2 Å². The molecule has 4 N–H and O–H groups in total. The van der Waals surface area contributed by atoms with E-state index in [0.717, 1.165) is 35.9 Å². The Labute approximate surface area is 186 Å². The molecule has 0 bridgehead atoms. The van der Waals surface area contributed by atoms with Crippen LogP contribution < -0.4 is 15.8 Å². The number of amides is 1. The second kappa shape index (κ2) is 8.62. The molecule has 0 aliphatic heterocycles. The van der Waals surface area contributed by atoms with E-state index in [1.807, 2.05) is 6.07 Å². The molecule has 0 saturated heterocycles. The lowest BCUT2D eigenvalue weighted by atomic mass is 10.1. The van der Waals surface area contributed by atoms with Gasteiger partial charge in [0.2, 0.25) is 0 Å². The highest BCUT2D eigenvalue weighted by molar-refractivity contribution is 6.09. The zero-order chi connectivity index (χ0) is 23.6. The first-order valence-electron chi connectivity index (χ1n) is 9.70. The molecular weight excluding hydrogens is 433 g/mol. The number of ether oxygens (including phenoxy) is 1. The zero-order valence-electron chi connectivity index (χ0n) is 17.0. The van der Waals surface area contributed by atoms with Crippen molar-refractivity contribution >= 4 is 34.4 Å². The molecule has 4 aromatic rings. The summed E-state index contributed by atoms with van der Waals surface area (Å²) in [4.78, 5) is 16.5. The van der Waals surface area contributed by atoms with Crippen molar-refractivity contribution in [2.75, 3.05) is 11.1 Å². The van der Waals surface area contributed by atoms with Gasteiger partial charge >= 0.3 is 6.18 Å². The summed E-state index contributed by atoms with van der Waals surface area (Å²) in [6.45, 7) is 0. The van der Waals surface area contributed by atoms with Gasteiger partial charge in [0, 0.05) is 29.0 Å². The molecule has 0 atom stereocenters. The first-order valence-corrected chi connectivity index (χ1v) is 9.70. The Bertz CT molecular complexity index is 1350. The summed E-state index contributed by atoms with van der Waals surface area (Å²) >= 11 is 0. The first kappa shape index (κ1) is 21.8. The Balaban J connectivity index is 1.58. The Morgan fingerprint density at radius 3 is 2.52 bits per heavy atom. The van der Waals surface area contributed by atoms with Crippen molar-refractivity contribution in [3.63, 3.8) is 0 Å². The molecule has 4 rings (SSSR count). The van der Waals surface area contributed by atoms with Crippen molar-refractivity contribution in [2.24, 2.45) is 0 Å². The summed E-state index contributed by atoms with van der Waals surface area (Å²) in [6.07, 6.45) is -1.92. The molecule has 0 saturated carbocycles. The number of pyridine rings is 1. The van der Waals surface area contributed by atoms with E-state index >= 15 is 0 Å². The van der Waals surface area contributed by atoms with Gasteiger partial charge in [-0.3, -0.25) is 4.79 Å². The third-order valence-electron chi connectivity index (χ3n) is 4.93. The molecule has 0 radical (unpaired) electrons. The number of alkyl halides is 3. The second-order valence-corrected chi connectivity index (χ2v) is 7.07. The maximum absolute atomic E-state index is 12.7. The minimum atomic E-state index is -4.47. The molecule has 166 valence electrons. The summed E-state index contributed by atoms with van der Waals surface area (Å²) in [5.74, 6) is 0.516. The number of nitrogens with one attached hydrogen (secondary N) is 2. The number of halogens is 3. The number of nitrogen functional groups attached to an aromatic ring is 1. The fraction of sp³-hybridized carbons (Fsp3) is 0.0417. The van der Waals surface area contributed by atoms with Gasteiger partial charge in [0.15, 0.2) is 0 Å². The van der Waals surface area contributed by atoms with Gasteiger partial charge in [0.25, 0.3) is 5.91 Å². The number of nitrogens with zero attached hydrogens (tertiary/aromatic N) is 1. The monoisotopic (exact) mass is 450 g/mol. The Hall–Kier alpha value is -4.40. The predicted molar refractivity (Wildman–Crippen MR) is 120 cm³/mol. The highest BCUT2D eigenvalue weighted by Gasteiger charge is 2.30. The van der Waals surface area contributed by atoms with E-state index in [1.165, 1.54) is 6.20 Å². The van der Waals surface area contributed by atoms with Crippen molar-refractivity contribution < 1.29 is 22.7 Å². The molecule has 0 fully saturated rings. The highest BCUT2D eigenvalue weighted by atomic mass is 19.4. The van der Waals surface area contributed by atoms with Gasteiger partial charge in [-0.1, -0.05) is 12.1 Å². The number of benzene rings is 3. The van der Waals surface area contributed by atoms with Crippen LogP contribution in [0.4, 0.5) is 24.7 Å². The molecule has 33 heavy (non-hydrogen) atoms. The summed E-state index contributed by atoms with van der Waals surface area (Å²) in [6, 6.07) is 16.1. The average Bonchev–Trinajstić information content (AvgIpc) is 2.79. The number of hydrogen-bond acceptors (Lipinski definition) is 5. The van der Waals surface area contributed by atoms with Gasteiger partial charge in [-0.15, -0.1) is 0 Å². The van der Waals surface area contributed by atoms with Crippen LogP contribution >= 0.6 is 0 Å². The molecule has 1 heterocycles. The maximum Gasteiger partial charge on any atom is 0.416 e. The number of nitrogens with two attached hydrogens (primary N) is 1. The molecule has 6 nitrogen and oxygen atoms in total. The van der Waals surface area contributed by atoms with Crippen LogP contribution in [0.2, 0.25) is 0 Å². The normalized spacial score (nSPS) is 11.2. The molecule has 0 spiro atoms. The van der Waals surface area contributed by atoms with Crippen molar-refractivity contribution in [3.8, 4) is 11.5 Å². The molecule has 9 heteroatoms. The van der Waals surface area contributed by atoms with Crippen molar-refractivity contribution in [3.05, 3.63) is 89.6 Å². The first-order chi connectivity index (χ1) is 15.8. The fourth-order valence-corrected chi connectivity index (χ4v) is 3.27. The van der Waals surface area contributed by atoms with Gasteiger partial charge in [-0.05, 0) is 60.0 Å². The van der Waals surface area contributed by atoms with Crippen LogP contribution in [0.5, 0.6) is 11.5 Å². The van der Waals surface area contributed by atoms with E-state index in [9.17, 15) is 18.0 Å². The van der Waals surface area contributed by atoms with Crippen LogP contribution in [0.15, 0.2) is 72.9 Å². The number of aromatic nitrogens is 1. The van der Waals surface area contributed by atoms with E-state index < -0.39 is 17.6 Å². The van der Waals surface area contributed by atoms with Crippen molar-refractivity contribution in [2.45, 2.75) is 6.18 Å². The lowest BCUT2D eigenvalue weighted by Crippen LogP contribution is -2.13. The third kappa shape index (κ3) is 4.62. The molecule has 1 aromatic heterocycles. The minimum absolute atomic E-state index is 0.106. The van der Waals surface area contributed by atoms with Crippen LogP contribution in [0.3, 0.4) is 0 Å². The van der Waals surface area contributed by atoms with Gasteiger partial charge in [0.1, 0.15) is 17.3 Å².